The minimum Gasteiger partial charge on any atom is -0.326 e. The van der Waals surface area contributed by atoms with Gasteiger partial charge in [0.2, 0.25) is 11.8 Å². The van der Waals surface area contributed by atoms with Crippen LogP contribution in [0.3, 0.4) is 0 Å². The molecule has 0 atom stereocenters. The maximum Gasteiger partial charge on any atom is 0.235 e. The van der Waals surface area contributed by atoms with Crippen molar-refractivity contribution < 1.29 is 9.59 Å². The highest BCUT2D eigenvalue weighted by atomic mass is 16.2. The van der Waals surface area contributed by atoms with Crippen LogP contribution in [0.4, 0.5) is 11.4 Å². The second-order valence-electron chi connectivity index (χ2n) is 5.10. The van der Waals surface area contributed by atoms with E-state index < -0.39 is 0 Å². The topological polar surface area (TPSA) is 70.2 Å². The summed E-state index contributed by atoms with van der Waals surface area (Å²) in [6, 6.07) is 7.21. The van der Waals surface area contributed by atoms with Gasteiger partial charge in [-0.1, -0.05) is 32.6 Å². The minimum absolute atomic E-state index is 0.0501. The molecular weight excluding hydrogens is 266 g/mol. The van der Waals surface area contributed by atoms with Crippen LogP contribution in [0.25, 0.3) is 0 Å². The van der Waals surface area contributed by atoms with Crippen LogP contribution in [0.5, 0.6) is 0 Å². The van der Waals surface area contributed by atoms with Crippen LogP contribution >= 0.6 is 0 Å². The summed E-state index contributed by atoms with van der Waals surface area (Å²) in [4.78, 5) is 22.5. The van der Waals surface area contributed by atoms with Gasteiger partial charge in [0, 0.05) is 19.0 Å². The number of benzene rings is 1. The van der Waals surface area contributed by atoms with Crippen LogP contribution in [0, 0.1) is 0 Å². The van der Waals surface area contributed by atoms with Gasteiger partial charge in [-0.3, -0.25) is 20.4 Å². The summed E-state index contributed by atoms with van der Waals surface area (Å²) in [5.74, 6) is -0.107. The molecule has 0 aliphatic heterocycles. The first-order chi connectivity index (χ1) is 10.1. The van der Waals surface area contributed by atoms with Crippen molar-refractivity contribution >= 4 is 23.2 Å². The van der Waals surface area contributed by atoms with Crippen LogP contribution in [0.2, 0.25) is 0 Å². The molecule has 1 rings (SSSR count). The summed E-state index contributed by atoms with van der Waals surface area (Å²) in [5.41, 5.74) is 6.79. The molecule has 1 aromatic carbocycles. The number of hydrogen-bond acceptors (Lipinski definition) is 3. The van der Waals surface area contributed by atoms with Gasteiger partial charge in [0.05, 0.1) is 5.69 Å². The Hall–Kier alpha value is -2.04. The molecule has 3 N–H and O–H groups in total. The molecular formula is C16H25N3O2. The van der Waals surface area contributed by atoms with E-state index in [2.05, 4.69) is 23.1 Å². The number of anilines is 2. The molecule has 5 nitrogen and oxygen atoms in total. The average Bonchev–Trinajstić information content (AvgIpc) is 2.46. The molecule has 0 aliphatic carbocycles. The van der Waals surface area contributed by atoms with E-state index in [0.717, 1.165) is 24.2 Å². The molecule has 0 saturated heterocycles. The van der Waals surface area contributed by atoms with E-state index in [0.29, 0.717) is 6.42 Å². The van der Waals surface area contributed by atoms with Crippen LogP contribution in [-0.2, 0) is 9.59 Å². The second kappa shape index (κ2) is 9.80. The fraction of sp³-hybridized carbons (Fsp3) is 0.500. The maximum absolute atomic E-state index is 11.8. The fourth-order valence-electron chi connectivity index (χ4n) is 1.91. The number of hydrazine groups is 1. The van der Waals surface area contributed by atoms with Gasteiger partial charge in [0.25, 0.3) is 0 Å². The second-order valence-corrected chi connectivity index (χ2v) is 5.10. The monoisotopic (exact) mass is 291 g/mol. The Kier molecular flexibility index (Phi) is 7.94. The third-order valence-corrected chi connectivity index (χ3v) is 3.06. The third kappa shape index (κ3) is 7.97. The van der Waals surface area contributed by atoms with Crippen molar-refractivity contribution in [2.45, 2.75) is 52.4 Å². The van der Waals surface area contributed by atoms with Gasteiger partial charge in [-0.15, -0.1) is 0 Å². The zero-order valence-electron chi connectivity index (χ0n) is 12.9. The molecule has 5 heteroatoms. The summed E-state index contributed by atoms with van der Waals surface area (Å²) in [6.07, 6.45) is 6.27. The molecule has 0 heterocycles. The van der Waals surface area contributed by atoms with Crippen LogP contribution < -0.4 is 16.2 Å². The van der Waals surface area contributed by atoms with Gasteiger partial charge in [0.1, 0.15) is 0 Å². The number of amides is 2. The number of hydrogen-bond donors (Lipinski definition) is 3. The van der Waals surface area contributed by atoms with Crippen LogP contribution in [-0.4, -0.2) is 11.8 Å². The van der Waals surface area contributed by atoms with Crippen molar-refractivity contribution in [1.82, 2.24) is 5.43 Å². The van der Waals surface area contributed by atoms with E-state index in [1.54, 1.807) is 24.3 Å². The normalized spacial score (nSPS) is 10.0. The highest BCUT2D eigenvalue weighted by molar-refractivity contribution is 5.90. The average molecular weight is 291 g/mol. The molecule has 0 bridgehead atoms. The van der Waals surface area contributed by atoms with E-state index in [1.807, 2.05) is 0 Å². The predicted molar refractivity (Wildman–Crippen MR) is 85.9 cm³/mol. The van der Waals surface area contributed by atoms with Gasteiger partial charge in [-0.2, -0.15) is 0 Å². The first-order valence-corrected chi connectivity index (χ1v) is 7.54. The lowest BCUT2D eigenvalue weighted by atomic mass is 10.1. The lowest BCUT2D eigenvalue weighted by Gasteiger charge is -2.08. The van der Waals surface area contributed by atoms with E-state index >= 15 is 0 Å². The lowest BCUT2D eigenvalue weighted by Crippen LogP contribution is -2.26. The van der Waals surface area contributed by atoms with Gasteiger partial charge < -0.3 is 5.32 Å². The molecule has 116 valence electrons. The van der Waals surface area contributed by atoms with Crippen LogP contribution in [0.15, 0.2) is 24.3 Å². The summed E-state index contributed by atoms with van der Waals surface area (Å²) in [7, 11) is 0. The van der Waals surface area contributed by atoms with E-state index in [-0.39, 0.29) is 11.8 Å². The summed E-state index contributed by atoms with van der Waals surface area (Å²) in [6.45, 7) is 3.61. The van der Waals surface area contributed by atoms with E-state index in [9.17, 15) is 9.59 Å². The minimum atomic E-state index is -0.157. The quantitative estimate of drug-likeness (QED) is 0.482. The highest BCUT2D eigenvalue weighted by Gasteiger charge is 2.02. The van der Waals surface area contributed by atoms with Crippen molar-refractivity contribution in [2.24, 2.45) is 0 Å². The number of unbranched alkanes of at least 4 members (excludes halogenated alkanes) is 4. The largest absolute Gasteiger partial charge is 0.326 e. The van der Waals surface area contributed by atoms with Crippen molar-refractivity contribution in [2.75, 3.05) is 10.7 Å². The van der Waals surface area contributed by atoms with Crippen molar-refractivity contribution in [1.29, 1.82) is 0 Å². The van der Waals surface area contributed by atoms with E-state index in [1.165, 1.54) is 26.2 Å². The Morgan fingerprint density at radius 3 is 2.19 bits per heavy atom. The summed E-state index contributed by atoms with van der Waals surface area (Å²) >= 11 is 0. The van der Waals surface area contributed by atoms with Crippen molar-refractivity contribution in [3.05, 3.63) is 24.3 Å². The molecule has 0 unspecified atom stereocenters. The number of rotatable bonds is 9. The van der Waals surface area contributed by atoms with Gasteiger partial charge in [-0.05, 0) is 30.7 Å². The molecule has 0 spiro atoms. The summed E-state index contributed by atoms with van der Waals surface area (Å²) < 4.78 is 0. The van der Waals surface area contributed by atoms with Crippen molar-refractivity contribution in [3.8, 4) is 0 Å². The molecule has 21 heavy (non-hydrogen) atoms. The first-order valence-electron chi connectivity index (χ1n) is 7.54. The zero-order valence-corrected chi connectivity index (χ0v) is 12.9. The Labute approximate surface area is 126 Å². The number of carbonyl (C=O) groups excluding carboxylic acids is 2. The van der Waals surface area contributed by atoms with Gasteiger partial charge >= 0.3 is 0 Å². The Morgan fingerprint density at radius 1 is 0.952 bits per heavy atom. The molecule has 0 radical (unpaired) electrons. The predicted octanol–water partition coefficient (Wildman–Crippen LogP) is 3.45. The molecule has 2 amide bonds. The highest BCUT2D eigenvalue weighted by Crippen LogP contribution is 2.13. The Morgan fingerprint density at radius 2 is 1.57 bits per heavy atom. The SMILES string of the molecule is CCCCCCCC(=O)Nc1ccc(NNC(C)=O)cc1. The Bertz CT molecular complexity index is 443. The summed E-state index contributed by atoms with van der Waals surface area (Å²) in [5, 5.41) is 2.87. The lowest BCUT2D eigenvalue weighted by molar-refractivity contribution is -0.118. The standard InChI is InChI=1S/C16H25N3O2/c1-3-4-5-6-7-8-16(21)17-14-9-11-15(12-10-14)19-18-13(2)20/h9-12,19H,3-8H2,1-2H3,(H,17,21)(H,18,20). The molecule has 0 fully saturated rings. The first kappa shape index (κ1) is 17.0. The smallest absolute Gasteiger partial charge is 0.235 e. The van der Waals surface area contributed by atoms with Crippen molar-refractivity contribution in [3.63, 3.8) is 0 Å². The molecule has 0 saturated carbocycles. The van der Waals surface area contributed by atoms with Gasteiger partial charge in [0.15, 0.2) is 0 Å². The molecule has 1 aromatic rings. The third-order valence-electron chi connectivity index (χ3n) is 3.06. The Balaban J connectivity index is 2.27. The number of carbonyl (C=O) groups is 2. The van der Waals surface area contributed by atoms with E-state index in [4.69, 9.17) is 0 Å². The van der Waals surface area contributed by atoms with Crippen LogP contribution in [0.1, 0.15) is 52.4 Å². The molecule has 0 aromatic heterocycles. The zero-order chi connectivity index (χ0) is 15.5. The fourth-order valence-corrected chi connectivity index (χ4v) is 1.91. The van der Waals surface area contributed by atoms with Gasteiger partial charge in [-0.25, -0.2) is 0 Å². The number of nitrogens with one attached hydrogen (secondary N) is 3. The molecule has 0 aliphatic rings. The maximum atomic E-state index is 11.8.